The third-order valence-corrected chi connectivity index (χ3v) is 5.19. The van der Waals surface area contributed by atoms with E-state index in [-0.39, 0.29) is 12.6 Å². The van der Waals surface area contributed by atoms with E-state index in [1.54, 1.807) is 14.2 Å². The lowest BCUT2D eigenvalue weighted by molar-refractivity contribution is -0.242. The van der Waals surface area contributed by atoms with E-state index in [4.69, 9.17) is 14.2 Å². The third kappa shape index (κ3) is 9.04. The average Bonchev–Trinajstić information content (AvgIpc) is 2.60. The minimum absolute atomic E-state index is 0.139. The van der Waals surface area contributed by atoms with Crippen molar-refractivity contribution in [3.05, 3.63) is 0 Å². The molecule has 138 valence electrons. The minimum Gasteiger partial charge on any atom is -0.356 e. The molecule has 23 heavy (non-hydrogen) atoms. The molecule has 0 aromatic heterocycles. The van der Waals surface area contributed by atoms with Crippen molar-refractivity contribution in [2.45, 2.75) is 96.2 Å². The van der Waals surface area contributed by atoms with E-state index in [0.717, 1.165) is 0 Å². The van der Waals surface area contributed by atoms with Gasteiger partial charge in [0.15, 0.2) is 12.6 Å². The summed E-state index contributed by atoms with van der Waals surface area (Å²) in [4.78, 5) is 0. The molecule has 1 rings (SSSR count). The molecule has 0 saturated heterocycles. The first-order valence-electron chi connectivity index (χ1n) is 9.59. The van der Waals surface area contributed by atoms with E-state index in [0.29, 0.717) is 12.0 Å². The Morgan fingerprint density at radius 2 is 1.30 bits per heavy atom. The fourth-order valence-corrected chi connectivity index (χ4v) is 3.58. The van der Waals surface area contributed by atoms with Crippen molar-refractivity contribution in [1.82, 2.24) is 5.32 Å². The second-order valence-electron chi connectivity index (χ2n) is 6.92. The quantitative estimate of drug-likeness (QED) is 0.730. The van der Waals surface area contributed by atoms with Gasteiger partial charge in [0.2, 0.25) is 0 Å². The van der Waals surface area contributed by atoms with Gasteiger partial charge in [-0.15, -0.1) is 0 Å². The maximum atomic E-state index is 5.92. The Morgan fingerprint density at radius 1 is 0.783 bits per heavy atom. The van der Waals surface area contributed by atoms with Crippen molar-refractivity contribution in [1.29, 1.82) is 0 Å². The van der Waals surface area contributed by atoms with Crippen LogP contribution in [0.5, 0.6) is 0 Å². The highest BCUT2D eigenvalue weighted by molar-refractivity contribution is 4.69. The highest BCUT2D eigenvalue weighted by Gasteiger charge is 2.23. The van der Waals surface area contributed by atoms with Gasteiger partial charge >= 0.3 is 0 Å². The summed E-state index contributed by atoms with van der Waals surface area (Å²) in [6.07, 6.45) is 13.9. The van der Waals surface area contributed by atoms with E-state index >= 15 is 0 Å². The largest absolute Gasteiger partial charge is 0.356 e. The van der Waals surface area contributed by atoms with Crippen LogP contribution in [0.4, 0.5) is 0 Å². The van der Waals surface area contributed by atoms with Crippen LogP contribution in [0, 0.1) is 5.92 Å². The highest BCUT2D eigenvalue weighted by atomic mass is 16.8. The zero-order chi connectivity index (χ0) is 16.9. The predicted octanol–water partition coefficient (Wildman–Crippen LogP) is 4.48. The molecule has 1 fully saturated rings. The Morgan fingerprint density at radius 3 is 1.78 bits per heavy atom. The van der Waals surface area contributed by atoms with E-state index in [9.17, 15) is 0 Å². The van der Waals surface area contributed by atoms with Crippen LogP contribution in [0.3, 0.4) is 0 Å². The molecule has 4 unspecified atom stereocenters. The van der Waals surface area contributed by atoms with Crippen LogP contribution in [0.1, 0.15) is 77.6 Å². The summed E-state index contributed by atoms with van der Waals surface area (Å²) in [5, 5.41) is 3.48. The summed E-state index contributed by atoms with van der Waals surface area (Å²) in [5.74, 6) is 0.485. The van der Waals surface area contributed by atoms with Gasteiger partial charge in [-0.25, -0.2) is 0 Å². The zero-order valence-electron chi connectivity index (χ0n) is 15.8. The Kier molecular flexibility index (Phi) is 12.0. The maximum Gasteiger partial charge on any atom is 0.163 e. The second-order valence-corrected chi connectivity index (χ2v) is 6.92. The Hall–Kier alpha value is -0.160. The molecule has 4 heteroatoms. The minimum atomic E-state index is -0.207. The smallest absolute Gasteiger partial charge is 0.163 e. The topological polar surface area (TPSA) is 39.7 Å². The van der Waals surface area contributed by atoms with Crippen molar-refractivity contribution in [3.8, 4) is 0 Å². The molecule has 0 aromatic carbocycles. The summed E-state index contributed by atoms with van der Waals surface area (Å²) in [6.45, 7) is 1.93. The molecule has 0 heterocycles. The number of rotatable bonds is 6. The van der Waals surface area contributed by atoms with Crippen LogP contribution in [0.25, 0.3) is 0 Å². The summed E-state index contributed by atoms with van der Waals surface area (Å²) >= 11 is 0. The first-order valence-corrected chi connectivity index (χ1v) is 9.59. The Balaban J connectivity index is 2.51. The van der Waals surface area contributed by atoms with Crippen molar-refractivity contribution >= 4 is 0 Å². The van der Waals surface area contributed by atoms with Gasteiger partial charge in [-0.1, -0.05) is 44.9 Å². The monoisotopic (exact) mass is 329 g/mol. The third-order valence-electron chi connectivity index (χ3n) is 5.19. The van der Waals surface area contributed by atoms with E-state index in [1.807, 2.05) is 6.92 Å². The van der Waals surface area contributed by atoms with Gasteiger partial charge in [0.05, 0.1) is 0 Å². The predicted molar refractivity (Wildman–Crippen MR) is 95.5 cm³/mol. The van der Waals surface area contributed by atoms with Crippen molar-refractivity contribution in [2.24, 2.45) is 5.92 Å². The summed E-state index contributed by atoms with van der Waals surface area (Å²) in [5.41, 5.74) is 0. The number of nitrogens with one attached hydrogen (secondary N) is 1. The lowest BCUT2D eigenvalue weighted by Crippen LogP contribution is -2.30. The first-order chi connectivity index (χ1) is 11.2. The van der Waals surface area contributed by atoms with Gasteiger partial charge in [0.25, 0.3) is 0 Å². The second kappa shape index (κ2) is 13.2. The zero-order valence-corrected chi connectivity index (χ0v) is 15.8. The van der Waals surface area contributed by atoms with E-state index < -0.39 is 0 Å². The van der Waals surface area contributed by atoms with Gasteiger partial charge in [-0.05, 0) is 39.7 Å². The summed E-state index contributed by atoms with van der Waals surface area (Å²) < 4.78 is 16.8. The molecule has 0 aromatic rings. The lowest BCUT2D eigenvalue weighted by atomic mass is 9.94. The molecule has 0 bridgehead atoms. The van der Waals surface area contributed by atoms with Gasteiger partial charge < -0.3 is 19.5 Å². The highest BCUT2D eigenvalue weighted by Crippen LogP contribution is 2.26. The van der Waals surface area contributed by atoms with Crippen LogP contribution in [0.15, 0.2) is 0 Å². The molecule has 0 amide bonds. The number of ether oxygens (including phenoxy) is 3. The molecular weight excluding hydrogens is 290 g/mol. The van der Waals surface area contributed by atoms with Gasteiger partial charge in [0.1, 0.15) is 0 Å². The average molecular weight is 330 g/mol. The molecule has 0 radical (unpaired) electrons. The molecule has 1 aliphatic carbocycles. The van der Waals surface area contributed by atoms with Gasteiger partial charge in [-0.3, -0.25) is 0 Å². The van der Waals surface area contributed by atoms with Crippen molar-refractivity contribution in [2.75, 3.05) is 21.3 Å². The van der Waals surface area contributed by atoms with E-state index in [2.05, 4.69) is 12.4 Å². The van der Waals surface area contributed by atoms with Crippen LogP contribution < -0.4 is 5.32 Å². The van der Waals surface area contributed by atoms with Gasteiger partial charge in [0, 0.05) is 26.2 Å². The number of hydrogen-bond acceptors (Lipinski definition) is 4. The van der Waals surface area contributed by atoms with E-state index in [1.165, 1.54) is 70.6 Å². The molecule has 4 nitrogen and oxygen atoms in total. The van der Waals surface area contributed by atoms with Crippen LogP contribution in [-0.4, -0.2) is 39.9 Å². The van der Waals surface area contributed by atoms with Crippen LogP contribution in [-0.2, 0) is 14.2 Å². The molecular formula is C19H39NO3. The first kappa shape index (κ1) is 20.9. The van der Waals surface area contributed by atoms with Crippen LogP contribution in [0.2, 0.25) is 0 Å². The van der Waals surface area contributed by atoms with Crippen LogP contribution >= 0.6 is 0 Å². The normalized spacial score (nSPS) is 28.2. The molecule has 1 aliphatic rings. The van der Waals surface area contributed by atoms with Crippen molar-refractivity contribution < 1.29 is 14.2 Å². The summed E-state index contributed by atoms with van der Waals surface area (Å²) in [7, 11) is 5.54. The summed E-state index contributed by atoms with van der Waals surface area (Å²) in [6, 6.07) is 0.712. The SMILES string of the molecule is CNC1CCCCCCC(C(OC)OC(C)OC)CCCCC1. The standard InChI is InChI=1S/C19H39NO3/c1-16(21-3)23-19(22-4)17-12-8-5-6-10-14-18(20-2)15-11-7-9-13-17/h16-20H,5-15H2,1-4H3. The lowest BCUT2D eigenvalue weighted by Gasteiger charge is -2.28. The fourth-order valence-electron chi connectivity index (χ4n) is 3.58. The molecule has 0 aliphatic heterocycles. The maximum absolute atomic E-state index is 5.92. The van der Waals surface area contributed by atoms with Gasteiger partial charge in [-0.2, -0.15) is 0 Å². The van der Waals surface area contributed by atoms with Crippen molar-refractivity contribution in [3.63, 3.8) is 0 Å². The number of methoxy groups -OCH3 is 2. The molecule has 0 spiro atoms. The fraction of sp³-hybridized carbons (Fsp3) is 1.00. The number of hydrogen-bond donors (Lipinski definition) is 1. The molecule has 1 saturated carbocycles. The molecule has 4 atom stereocenters. The Bertz CT molecular complexity index is 275. The molecule has 1 N–H and O–H groups in total. The Labute approximate surface area is 143 Å².